The first-order valence-corrected chi connectivity index (χ1v) is 10.0. The van der Waals surface area contributed by atoms with E-state index in [9.17, 15) is 14.0 Å². The molecule has 3 aromatic rings. The van der Waals surface area contributed by atoms with E-state index in [0.29, 0.717) is 11.3 Å². The first kappa shape index (κ1) is 19.8. The Hall–Kier alpha value is -3.47. The van der Waals surface area contributed by atoms with Crippen molar-refractivity contribution in [2.24, 2.45) is 5.92 Å². The fourth-order valence-corrected chi connectivity index (χ4v) is 3.53. The summed E-state index contributed by atoms with van der Waals surface area (Å²) in [5.41, 5.74) is 2.97. The normalized spacial score (nSPS) is 14.1. The predicted octanol–water partition coefficient (Wildman–Crippen LogP) is 5.04. The SMILES string of the molecule is CN(C(=O)c1ccc(NC(=O)C2CC2)cc1)C(c1ccccc1)c1ccc(F)cc1. The largest absolute Gasteiger partial charge is 0.331 e. The average molecular weight is 402 g/mol. The predicted molar refractivity (Wildman–Crippen MR) is 115 cm³/mol. The molecule has 0 bridgehead atoms. The number of anilines is 1. The number of hydrogen-bond donors (Lipinski definition) is 1. The molecule has 5 heteroatoms. The van der Waals surface area contributed by atoms with Gasteiger partial charge in [0.05, 0.1) is 6.04 Å². The van der Waals surface area contributed by atoms with Crippen molar-refractivity contribution in [2.75, 3.05) is 12.4 Å². The van der Waals surface area contributed by atoms with Crippen LogP contribution < -0.4 is 5.32 Å². The topological polar surface area (TPSA) is 49.4 Å². The van der Waals surface area contributed by atoms with Gasteiger partial charge in [0, 0.05) is 24.2 Å². The van der Waals surface area contributed by atoms with Crippen LogP contribution in [0.2, 0.25) is 0 Å². The van der Waals surface area contributed by atoms with Crippen molar-refractivity contribution in [1.82, 2.24) is 4.90 Å². The molecule has 1 saturated carbocycles. The van der Waals surface area contributed by atoms with Crippen molar-refractivity contribution < 1.29 is 14.0 Å². The van der Waals surface area contributed by atoms with Crippen molar-refractivity contribution >= 4 is 17.5 Å². The number of amides is 2. The molecule has 1 atom stereocenters. The number of hydrogen-bond acceptors (Lipinski definition) is 2. The summed E-state index contributed by atoms with van der Waals surface area (Å²) in [5, 5.41) is 2.88. The molecule has 3 aromatic carbocycles. The Morgan fingerprint density at radius 2 is 1.50 bits per heavy atom. The summed E-state index contributed by atoms with van der Waals surface area (Å²) < 4.78 is 13.4. The minimum atomic E-state index is -0.353. The molecule has 1 unspecified atom stereocenters. The Labute approximate surface area is 175 Å². The van der Waals surface area contributed by atoms with Gasteiger partial charge in [0.1, 0.15) is 5.82 Å². The molecule has 0 radical (unpaired) electrons. The zero-order valence-corrected chi connectivity index (χ0v) is 16.7. The number of nitrogens with one attached hydrogen (secondary N) is 1. The average Bonchev–Trinajstić information content (AvgIpc) is 3.62. The van der Waals surface area contributed by atoms with E-state index in [-0.39, 0.29) is 29.6 Å². The van der Waals surface area contributed by atoms with Gasteiger partial charge in [-0.1, -0.05) is 42.5 Å². The maximum atomic E-state index is 13.4. The van der Waals surface area contributed by atoms with Gasteiger partial charge in [0.2, 0.25) is 5.91 Å². The van der Waals surface area contributed by atoms with Crippen LogP contribution in [0.25, 0.3) is 0 Å². The maximum Gasteiger partial charge on any atom is 0.254 e. The second-order valence-corrected chi connectivity index (χ2v) is 7.62. The lowest BCUT2D eigenvalue weighted by molar-refractivity contribution is -0.117. The Morgan fingerprint density at radius 1 is 0.900 bits per heavy atom. The highest BCUT2D eigenvalue weighted by molar-refractivity contribution is 5.97. The summed E-state index contributed by atoms with van der Waals surface area (Å²) in [6.07, 6.45) is 1.88. The number of benzene rings is 3. The Bertz CT molecular complexity index is 1030. The van der Waals surface area contributed by atoms with Crippen LogP contribution in [-0.4, -0.2) is 23.8 Å². The second kappa shape index (κ2) is 8.49. The van der Waals surface area contributed by atoms with Crippen molar-refractivity contribution in [3.63, 3.8) is 0 Å². The lowest BCUT2D eigenvalue weighted by Crippen LogP contribution is -2.32. The fraction of sp³-hybridized carbons (Fsp3) is 0.200. The molecule has 1 N–H and O–H groups in total. The van der Waals surface area contributed by atoms with Gasteiger partial charge in [0.25, 0.3) is 5.91 Å². The third-order valence-electron chi connectivity index (χ3n) is 5.36. The van der Waals surface area contributed by atoms with Crippen LogP contribution in [-0.2, 0) is 4.79 Å². The maximum absolute atomic E-state index is 13.4. The van der Waals surface area contributed by atoms with Gasteiger partial charge in [-0.25, -0.2) is 4.39 Å². The first-order valence-electron chi connectivity index (χ1n) is 10.0. The number of halogens is 1. The van der Waals surface area contributed by atoms with E-state index >= 15 is 0 Å². The Balaban J connectivity index is 1.57. The van der Waals surface area contributed by atoms with E-state index in [1.165, 1.54) is 12.1 Å². The summed E-state index contributed by atoms with van der Waals surface area (Å²) in [6.45, 7) is 0. The zero-order valence-electron chi connectivity index (χ0n) is 16.7. The van der Waals surface area contributed by atoms with E-state index in [1.54, 1.807) is 48.3 Å². The summed E-state index contributed by atoms with van der Waals surface area (Å²) in [5.74, 6) is -0.317. The van der Waals surface area contributed by atoms with Crippen LogP contribution in [0.15, 0.2) is 78.9 Å². The molecule has 1 fully saturated rings. The molecule has 30 heavy (non-hydrogen) atoms. The van der Waals surface area contributed by atoms with Gasteiger partial charge in [-0.05, 0) is 60.4 Å². The van der Waals surface area contributed by atoms with Gasteiger partial charge in [-0.2, -0.15) is 0 Å². The summed E-state index contributed by atoms with van der Waals surface area (Å²) in [4.78, 5) is 26.8. The molecule has 2 amide bonds. The molecule has 4 rings (SSSR count). The fourth-order valence-electron chi connectivity index (χ4n) is 3.53. The molecule has 152 valence electrons. The molecule has 0 heterocycles. The highest BCUT2D eigenvalue weighted by atomic mass is 19.1. The Kier molecular flexibility index (Phi) is 5.61. The van der Waals surface area contributed by atoms with Gasteiger partial charge >= 0.3 is 0 Å². The molecule has 1 aliphatic rings. The standard InChI is InChI=1S/C25H23FN2O2/c1-28(23(17-5-3-2-4-6-17)18-9-13-21(26)14-10-18)25(30)20-11-15-22(16-12-20)27-24(29)19-7-8-19/h2-6,9-16,19,23H,7-8H2,1H3,(H,27,29). The number of rotatable bonds is 6. The second-order valence-electron chi connectivity index (χ2n) is 7.62. The third-order valence-corrected chi connectivity index (χ3v) is 5.36. The molecule has 0 aliphatic heterocycles. The van der Waals surface area contributed by atoms with Crippen LogP contribution in [0.3, 0.4) is 0 Å². The van der Waals surface area contributed by atoms with E-state index < -0.39 is 0 Å². The quantitative estimate of drug-likeness (QED) is 0.628. The monoisotopic (exact) mass is 402 g/mol. The zero-order chi connectivity index (χ0) is 21.1. The molecule has 4 nitrogen and oxygen atoms in total. The first-order chi connectivity index (χ1) is 14.5. The Morgan fingerprint density at radius 3 is 2.10 bits per heavy atom. The summed E-state index contributed by atoms with van der Waals surface area (Å²) in [7, 11) is 1.74. The van der Waals surface area contributed by atoms with Gasteiger partial charge in [-0.15, -0.1) is 0 Å². The van der Waals surface area contributed by atoms with Crippen LogP contribution in [0, 0.1) is 11.7 Å². The molecule has 1 aliphatic carbocycles. The van der Waals surface area contributed by atoms with Gasteiger partial charge in [-0.3, -0.25) is 9.59 Å². The molecular formula is C25H23FN2O2. The lowest BCUT2D eigenvalue weighted by Gasteiger charge is -2.29. The van der Waals surface area contributed by atoms with Crippen molar-refractivity contribution in [3.8, 4) is 0 Å². The molecule has 0 spiro atoms. The van der Waals surface area contributed by atoms with E-state index in [0.717, 1.165) is 24.0 Å². The van der Waals surface area contributed by atoms with Gasteiger partial charge in [0.15, 0.2) is 0 Å². The highest BCUT2D eigenvalue weighted by Gasteiger charge is 2.29. The number of carbonyl (C=O) groups is 2. The van der Waals surface area contributed by atoms with Crippen molar-refractivity contribution in [1.29, 1.82) is 0 Å². The molecular weight excluding hydrogens is 379 g/mol. The lowest BCUT2D eigenvalue weighted by atomic mass is 9.96. The van der Waals surface area contributed by atoms with Gasteiger partial charge < -0.3 is 10.2 Å². The minimum absolute atomic E-state index is 0.0339. The molecule has 0 saturated heterocycles. The van der Waals surface area contributed by atoms with Crippen molar-refractivity contribution in [2.45, 2.75) is 18.9 Å². The minimum Gasteiger partial charge on any atom is -0.331 e. The van der Waals surface area contributed by atoms with E-state index in [4.69, 9.17) is 0 Å². The van der Waals surface area contributed by atoms with Crippen LogP contribution in [0.4, 0.5) is 10.1 Å². The van der Waals surface area contributed by atoms with Crippen LogP contribution in [0.1, 0.15) is 40.4 Å². The van der Waals surface area contributed by atoms with E-state index in [2.05, 4.69) is 5.32 Å². The van der Waals surface area contributed by atoms with Crippen LogP contribution >= 0.6 is 0 Å². The van der Waals surface area contributed by atoms with Crippen molar-refractivity contribution in [3.05, 3.63) is 101 Å². The number of carbonyl (C=O) groups excluding carboxylic acids is 2. The van der Waals surface area contributed by atoms with E-state index in [1.807, 2.05) is 30.3 Å². The highest BCUT2D eigenvalue weighted by Crippen LogP contribution is 2.31. The third kappa shape index (κ3) is 4.40. The smallest absolute Gasteiger partial charge is 0.254 e. The van der Waals surface area contributed by atoms with Crippen LogP contribution in [0.5, 0.6) is 0 Å². The molecule has 0 aromatic heterocycles. The summed E-state index contributed by atoms with van der Waals surface area (Å²) in [6, 6.07) is 22.4. The number of nitrogens with zero attached hydrogens (tertiary/aromatic N) is 1. The summed E-state index contributed by atoms with van der Waals surface area (Å²) >= 11 is 0.